The third-order valence-electron chi connectivity index (χ3n) is 6.48. The molecule has 160 valence electrons. The number of nitrogens with zero attached hydrogens (tertiary/aromatic N) is 1. The number of ether oxygens (including phenoxy) is 2. The average Bonchev–Trinajstić information content (AvgIpc) is 2.96. The Morgan fingerprint density at radius 3 is 2.79 bits per heavy atom. The Balaban J connectivity index is 1.83. The highest BCUT2D eigenvalue weighted by Crippen LogP contribution is 2.51. The number of carbonyl (C=O) groups is 2. The number of esters is 1. The van der Waals surface area contributed by atoms with Crippen molar-refractivity contribution in [2.24, 2.45) is 41.1 Å². The van der Waals surface area contributed by atoms with E-state index in [0.29, 0.717) is 37.0 Å². The van der Waals surface area contributed by atoms with Gasteiger partial charge in [-0.15, -0.1) is 0 Å². The molecule has 2 aliphatic heterocycles. The molecule has 0 aromatic heterocycles. The van der Waals surface area contributed by atoms with Crippen LogP contribution < -0.4 is 11.5 Å². The van der Waals surface area contributed by atoms with E-state index < -0.39 is 0 Å². The largest absolute Gasteiger partial charge is 0.462 e. The van der Waals surface area contributed by atoms with Gasteiger partial charge < -0.3 is 25.8 Å². The van der Waals surface area contributed by atoms with Gasteiger partial charge in [0.1, 0.15) is 6.10 Å². The first-order valence-corrected chi connectivity index (χ1v) is 10.5. The van der Waals surface area contributed by atoms with Crippen LogP contribution in [0.1, 0.15) is 33.6 Å². The zero-order chi connectivity index (χ0) is 21.1. The molecule has 4 N–H and O–H groups in total. The molecule has 3 rings (SSSR count). The molecule has 3 aliphatic rings. The van der Waals surface area contributed by atoms with Crippen LogP contribution in [0.25, 0.3) is 0 Å². The van der Waals surface area contributed by atoms with Crippen molar-refractivity contribution in [3.8, 4) is 0 Å². The Labute approximate surface area is 172 Å². The molecule has 1 aliphatic carbocycles. The molecular formula is C22H33N3O4. The monoisotopic (exact) mass is 403 g/mol. The Bertz CT molecular complexity index is 726. The summed E-state index contributed by atoms with van der Waals surface area (Å²) in [5, 5.41) is 0. The first kappa shape index (κ1) is 21.3. The second-order valence-electron chi connectivity index (χ2n) is 8.43. The van der Waals surface area contributed by atoms with E-state index >= 15 is 0 Å². The molecular weight excluding hydrogens is 370 g/mol. The number of nitrogens with two attached hydrogens (primary N) is 2. The summed E-state index contributed by atoms with van der Waals surface area (Å²) in [5.74, 6) is 0.721. The van der Waals surface area contributed by atoms with E-state index in [-0.39, 0.29) is 41.8 Å². The van der Waals surface area contributed by atoms with Crippen molar-refractivity contribution in [2.45, 2.75) is 39.7 Å². The van der Waals surface area contributed by atoms with E-state index in [1.54, 1.807) is 17.1 Å². The highest BCUT2D eigenvalue weighted by atomic mass is 16.6. The molecule has 0 spiro atoms. The predicted molar refractivity (Wildman–Crippen MR) is 110 cm³/mol. The van der Waals surface area contributed by atoms with Crippen LogP contribution in [0.5, 0.6) is 0 Å². The molecule has 0 bridgehead atoms. The molecule has 6 atom stereocenters. The molecule has 2 heterocycles. The fourth-order valence-corrected chi connectivity index (χ4v) is 5.24. The van der Waals surface area contributed by atoms with Crippen molar-refractivity contribution in [3.05, 3.63) is 35.7 Å². The van der Waals surface area contributed by atoms with Gasteiger partial charge in [0.25, 0.3) is 0 Å². The lowest BCUT2D eigenvalue weighted by Gasteiger charge is -2.48. The van der Waals surface area contributed by atoms with Crippen molar-refractivity contribution >= 4 is 12.1 Å². The molecule has 0 radical (unpaired) electrons. The average molecular weight is 404 g/mol. The van der Waals surface area contributed by atoms with Crippen LogP contribution in [-0.2, 0) is 14.3 Å². The number of amides is 1. The minimum atomic E-state index is -0.265. The minimum Gasteiger partial charge on any atom is -0.462 e. The molecule has 7 heteroatoms. The molecule has 1 saturated carbocycles. The molecule has 1 amide bonds. The highest BCUT2D eigenvalue weighted by Gasteiger charge is 2.54. The third kappa shape index (κ3) is 4.60. The number of piperidine rings is 1. The Kier molecular flexibility index (Phi) is 6.55. The van der Waals surface area contributed by atoms with Gasteiger partial charge >= 0.3 is 12.1 Å². The van der Waals surface area contributed by atoms with Crippen LogP contribution in [0.2, 0.25) is 0 Å². The van der Waals surface area contributed by atoms with Gasteiger partial charge in [-0.1, -0.05) is 6.08 Å². The van der Waals surface area contributed by atoms with E-state index in [2.05, 4.69) is 6.08 Å². The lowest BCUT2D eigenvalue weighted by molar-refractivity contribution is -0.144. The standard InChI is InChI=1S/C22H33N3O4/c1-4-28-22(27)25-10-9-17-15(12-25)11-19-20(14(3)29-21(19)26)18(17)8-7-16(24)6-5-13(2)23/h5-8,14-15,17-20H,4,9-12,23-24H2,1-3H3/b8-7+,13-5+,16-6-/t14?,15?,17-,18?,19?,20?/m1/s1. The Morgan fingerprint density at radius 1 is 1.34 bits per heavy atom. The van der Waals surface area contributed by atoms with Crippen LogP contribution in [0.15, 0.2) is 35.7 Å². The quantitative estimate of drug-likeness (QED) is 0.552. The zero-order valence-electron chi connectivity index (χ0n) is 17.5. The summed E-state index contributed by atoms with van der Waals surface area (Å²) in [6, 6.07) is 0. The SMILES string of the molecule is CCOC(=O)N1CC[C@@H]2C(CC3C(=O)OC(C)C3C2/C=C/C(N)=C/C=C(\C)N)C1. The maximum absolute atomic E-state index is 12.5. The predicted octanol–water partition coefficient (Wildman–Crippen LogP) is 2.54. The topological polar surface area (TPSA) is 108 Å². The van der Waals surface area contributed by atoms with Gasteiger partial charge in [0.15, 0.2) is 0 Å². The number of carbonyl (C=O) groups excluding carboxylic acids is 2. The Morgan fingerprint density at radius 2 is 2.10 bits per heavy atom. The van der Waals surface area contributed by atoms with Crippen LogP contribution in [0, 0.1) is 29.6 Å². The van der Waals surface area contributed by atoms with E-state index in [0.717, 1.165) is 12.8 Å². The van der Waals surface area contributed by atoms with Crippen molar-refractivity contribution in [1.29, 1.82) is 0 Å². The van der Waals surface area contributed by atoms with E-state index in [4.69, 9.17) is 20.9 Å². The summed E-state index contributed by atoms with van der Waals surface area (Å²) in [4.78, 5) is 26.4. The lowest BCUT2D eigenvalue weighted by Crippen LogP contribution is -2.51. The number of hydrogen-bond donors (Lipinski definition) is 2. The normalized spacial score (nSPS) is 35.3. The number of fused-ring (bicyclic) bond motifs is 2. The van der Waals surface area contributed by atoms with Crippen LogP contribution >= 0.6 is 0 Å². The third-order valence-corrected chi connectivity index (χ3v) is 6.48. The lowest BCUT2D eigenvalue weighted by atomic mass is 9.59. The Hall–Kier alpha value is -2.44. The molecule has 0 aromatic carbocycles. The molecule has 2 saturated heterocycles. The summed E-state index contributed by atoms with van der Waals surface area (Å²) in [7, 11) is 0. The summed E-state index contributed by atoms with van der Waals surface area (Å²) in [6.45, 7) is 7.27. The molecule has 7 nitrogen and oxygen atoms in total. The van der Waals surface area contributed by atoms with E-state index in [1.165, 1.54) is 0 Å². The first-order valence-electron chi connectivity index (χ1n) is 10.5. The maximum atomic E-state index is 12.5. The molecule has 3 fully saturated rings. The molecule has 5 unspecified atom stereocenters. The fraction of sp³-hybridized carbons (Fsp3) is 0.636. The van der Waals surface area contributed by atoms with Gasteiger partial charge in [-0.2, -0.15) is 0 Å². The number of likely N-dealkylation sites (tertiary alicyclic amines) is 1. The highest BCUT2D eigenvalue weighted by molar-refractivity contribution is 5.75. The number of cyclic esters (lactones) is 1. The van der Waals surface area contributed by atoms with Gasteiger partial charge in [-0.05, 0) is 69.6 Å². The summed E-state index contributed by atoms with van der Waals surface area (Å²) in [6.07, 6.45) is 8.88. The molecule has 29 heavy (non-hydrogen) atoms. The summed E-state index contributed by atoms with van der Waals surface area (Å²) >= 11 is 0. The number of allylic oxidation sites excluding steroid dienone is 5. The van der Waals surface area contributed by atoms with Gasteiger partial charge in [0, 0.05) is 30.4 Å². The van der Waals surface area contributed by atoms with Gasteiger partial charge in [0.05, 0.1) is 12.5 Å². The van der Waals surface area contributed by atoms with Crippen molar-refractivity contribution < 1.29 is 19.1 Å². The zero-order valence-corrected chi connectivity index (χ0v) is 17.5. The molecule has 0 aromatic rings. The van der Waals surface area contributed by atoms with Gasteiger partial charge in [-0.25, -0.2) is 4.79 Å². The van der Waals surface area contributed by atoms with E-state index in [9.17, 15) is 9.59 Å². The van der Waals surface area contributed by atoms with Gasteiger partial charge in [-0.3, -0.25) is 4.79 Å². The van der Waals surface area contributed by atoms with Crippen LogP contribution in [0.3, 0.4) is 0 Å². The van der Waals surface area contributed by atoms with Gasteiger partial charge in [0.2, 0.25) is 0 Å². The van der Waals surface area contributed by atoms with Crippen LogP contribution in [-0.4, -0.2) is 42.8 Å². The number of hydrogen-bond acceptors (Lipinski definition) is 6. The van der Waals surface area contributed by atoms with E-state index in [1.807, 2.05) is 26.8 Å². The summed E-state index contributed by atoms with van der Waals surface area (Å²) in [5.41, 5.74) is 13.1. The second kappa shape index (κ2) is 8.93. The van der Waals surface area contributed by atoms with Crippen molar-refractivity contribution in [1.82, 2.24) is 4.90 Å². The maximum Gasteiger partial charge on any atom is 0.409 e. The van der Waals surface area contributed by atoms with Crippen LogP contribution in [0.4, 0.5) is 4.79 Å². The second-order valence-corrected chi connectivity index (χ2v) is 8.43. The summed E-state index contributed by atoms with van der Waals surface area (Å²) < 4.78 is 10.8. The minimum absolute atomic E-state index is 0.109. The smallest absolute Gasteiger partial charge is 0.409 e. The van der Waals surface area contributed by atoms with Crippen molar-refractivity contribution in [3.63, 3.8) is 0 Å². The van der Waals surface area contributed by atoms with Crippen molar-refractivity contribution in [2.75, 3.05) is 19.7 Å². The fourth-order valence-electron chi connectivity index (χ4n) is 5.24. The first-order chi connectivity index (χ1) is 13.8. The number of rotatable bonds is 4.